The maximum atomic E-state index is 13.4. The van der Waals surface area contributed by atoms with Crippen LogP contribution in [0, 0.1) is 23.7 Å². The highest BCUT2D eigenvalue weighted by Gasteiger charge is 2.69. The van der Waals surface area contributed by atoms with E-state index < -0.39 is 29.5 Å². The number of hydrogen-bond donors (Lipinski definition) is 1. The molecular weight excluding hydrogens is 410 g/mol. The van der Waals surface area contributed by atoms with Crippen LogP contribution >= 0.6 is 0 Å². The lowest BCUT2D eigenvalue weighted by molar-refractivity contribution is -0.168. The molecule has 32 heavy (non-hydrogen) atoms. The molecule has 174 valence electrons. The third kappa shape index (κ3) is 4.66. The minimum atomic E-state index is -1.51. The Balaban J connectivity index is 1.92. The molecule has 2 aliphatic carbocycles. The maximum absolute atomic E-state index is 13.4. The first-order chi connectivity index (χ1) is 15.5. The molecule has 3 rings (SSSR count). The van der Waals surface area contributed by atoms with Crippen LogP contribution in [0.15, 0.2) is 42.5 Å². The molecule has 2 aliphatic rings. The molecule has 7 heteroatoms. The van der Waals surface area contributed by atoms with E-state index in [4.69, 9.17) is 14.2 Å². The number of benzene rings is 1. The lowest BCUT2D eigenvalue weighted by Crippen LogP contribution is -2.66. The molecule has 0 aliphatic heterocycles. The zero-order valence-corrected chi connectivity index (χ0v) is 19.0. The highest BCUT2D eigenvalue weighted by atomic mass is 16.6. The topological polar surface area (TPSA) is 90.9 Å². The second kappa shape index (κ2) is 10.7. The van der Waals surface area contributed by atoms with Crippen LogP contribution in [0.25, 0.3) is 0 Å². The van der Waals surface area contributed by atoms with Gasteiger partial charge in [0.1, 0.15) is 6.61 Å². The van der Waals surface area contributed by atoms with E-state index in [-0.39, 0.29) is 37.6 Å². The van der Waals surface area contributed by atoms with Crippen molar-refractivity contribution in [1.82, 2.24) is 5.32 Å². The largest absolute Gasteiger partial charge is 0.466 e. The van der Waals surface area contributed by atoms with Crippen molar-refractivity contribution in [2.24, 2.45) is 23.7 Å². The van der Waals surface area contributed by atoms with Gasteiger partial charge in [-0.2, -0.15) is 0 Å². The van der Waals surface area contributed by atoms with Crippen molar-refractivity contribution in [3.8, 4) is 0 Å². The number of rotatable bonds is 9. The first-order valence-corrected chi connectivity index (χ1v) is 11.5. The Morgan fingerprint density at radius 2 is 1.75 bits per heavy atom. The van der Waals surface area contributed by atoms with Crippen molar-refractivity contribution >= 4 is 18.0 Å². The molecule has 0 unspecified atom stereocenters. The Bertz CT molecular complexity index is 838. The van der Waals surface area contributed by atoms with Gasteiger partial charge in [0.15, 0.2) is 5.54 Å². The van der Waals surface area contributed by atoms with Crippen molar-refractivity contribution in [2.75, 3.05) is 13.2 Å². The van der Waals surface area contributed by atoms with E-state index >= 15 is 0 Å². The number of amides is 1. The summed E-state index contributed by atoms with van der Waals surface area (Å²) in [5.41, 5.74) is -0.687. The van der Waals surface area contributed by atoms with Gasteiger partial charge in [-0.1, -0.05) is 49.4 Å². The molecule has 0 radical (unpaired) electrons. The molecule has 1 aromatic carbocycles. The van der Waals surface area contributed by atoms with Crippen molar-refractivity contribution < 1.29 is 28.6 Å². The van der Waals surface area contributed by atoms with Gasteiger partial charge in [0.2, 0.25) is 0 Å². The molecule has 7 nitrogen and oxygen atoms in total. The van der Waals surface area contributed by atoms with Crippen LogP contribution in [-0.2, 0) is 30.4 Å². The summed E-state index contributed by atoms with van der Waals surface area (Å²) in [7, 11) is 0. The molecule has 5 atom stereocenters. The lowest BCUT2D eigenvalue weighted by atomic mass is 9.67. The third-order valence-electron chi connectivity index (χ3n) is 6.49. The van der Waals surface area contributed by atoms with Gasteiger partial charge in [-0.25, -0.2) is 9.59 Å². The van der Waals surface area contributed by atoms with Gasteiger partial charge in [-0.05, 0) is 50.5 Å². The van der Waals surface area contributed by atoms with Gasteiger partial charge in [-0.15, -0.1) is 0 Å². The molecule has 0 spiro atoms. The number of fused-ring (bicyclic) bond motifs is 2. The first kappa shape index (κ1) is 23.8. The molecule has 1 aromatic rings. The van der Waals surface area contributed by atoms with Gasteiger partial charge in [0.25, 0.3) is 0 Å². The number of esters is 2. The maximum Gasteiger partial charge on any atom is 0.408 e. The van der Waals surface area contributed by atoms with E-state index in [9.17, 15) is 14.4 Å². The summed E-state index contributed by atoms with van der Waals surface area (Å²) in [4.78, 5) is 39.3. The van der Waals surface area contributed by atoms with Crippen molar-refractivity contribution in [2.45, 2.75) is 52.2 Å². The van der Waals surface area contributed by atoms with Crippen LogP contribution in [0.5, 0.6) is 0 Å². The highest BCUT2D eigenvalue weighted by molar-refractivity contribution is 5.94. The average Bonchev–Trinajstić information content (AvgIpc) is 3.34. The number of carbonyl (C=O) groups is 3. The van der Waals surface area contributed by atoms with E-state index in [1.807, 2.05) is 37.3 Å². The fraction of sp³-hybridized carbons (Fsp3) is 0.560. The van der Waals surface area contributed by atoms with Gasteiger partial charge >= 0.3 is 18.0 Å². The van der Waals surface area contributed by atoms with E-state index in [0.29, 0.717) is 6.42 Å². The molecule has 0 aromatic heterocycles. The van der Waals surface area contributed by atoms with Gasteiger partial charge in [0, 0.05) is 5.92 Å². The fourth-order valence-electron chi connectivity index (χ4n) is 5.32. The third-order valence-corrected chi connectivity index (χ3v) is 6.49. The molecule has 2 fully saturated rings. The number of alkyl carbamates (subject to hydrolysis) is 1. The minimum absolute atomic E-state index is 0.0584. The predicted molar refractivity (Wildman–Crippen MR) is 118 cm³/mol. The zero-order valence-electron chi connectivity index (χ0n) is 19.0. The average molecular weight is 444 g/mol. The Morgan fingerprint density at radius 1 is 1.03 bits per heavy atom. The lowest BCUT2D eigenvalue weighted by Gasteiger charge is -2.43. The fourth-order valence-corrected chi connectivity index (χ4v) is 5.32. The summed E-state index contributed by atoms with van der Waals surface area (Å²) in [6.07, 6.45) is 5.69. The van der Waals surface area contributed by atoms with Crippen molar-refractivity contribution in [3.63, 3.8) is 0 Å². The number of hydrogen-bond acceptors (Lipinski definition) is 6. The number of nitrogens with one attached hydrogen (secondary N) is 1. The molecule has 2 bridgehead atoms. The molecule has 2 saturated carbocycles. The number of allylic oxidation sites excluding steroid dienone is 2. The molecule has 0 saturated heterocycles. The Labute approximate surface area is 189 Å². The predicted octanol–water partition coefficient (Wildman–Crippen LogP) is 4.02. The molecular formula is C25H33NO6. The minimum Gasteiger partial charge on any atom is -0.466 e. The van der Waals surface area contributed by atoms with Crippen molar-refractivity contribution in [1.29, 1.82) is 0 Å². The molecule has 1 N–H and O–H groups in total. The Morgan fingerprint density at radius 3 is 2.41 bits per heavy atom. The Hall–Kier alpha value is -2.83. The summed E-state index contributed by atoms with van der Waals surface area (Å²) in [5, 5.41) is 2.80. The van der Waals surface area contributed by atoms with Crippen LogP contribution in [0.3, 0.4) is 0 Å². The van der Waals surface area contributed by atoms with Crippen LogP contribution in [-0.4, -0.2) is 36.8 Å². The molecule has 1 amide bonds. The molecule has 0 heterocycles. The summed E-state index contributed by atoms with van der Waals surface area (Å²) in [5.74, 6) is -2.17. The van der Waals surface area contributed by atoms with Crippen LogP contribution in [0.1, 0.15) is 45.6 Å². The van der Waals surface area contributed by atoms with E-state index in [0.717, 1.165) is 18.4 Å². The van der Waals surface area contributed by atoms with Gasteiger partial charge < -0.3 is 19.5 Å². The normalized spacial score (nSPS) is 28.5. The summed E-state index contributed by atoms with van der Waals surface area (Å²) < 4.78 is 16.2. The van der Waals surface area contributed by atoms with Crippen LogP contribution in [0.2, 0.25) is 0 Å². The van der Waals surface area contributed by atoms with Crippen LogP contribution < -0.4 is 5.32 Å². The van der Waals surface area contributed by atoms with E-state index in [2.05, 4.69) is 17.5 Å². The smallest absolute Gasteiger partial charge is 0.408 e. The summed E-state index contributed by atoms with van der Waals surface area (Å²) in [6, 6.07) is 9.28. The van der Waals surface area contributed by atoms with Crippen LogP contribution in [0.4, 0.5) is 4.79 Å². The SMILES string of the molecule is CC/C=C/[C@@H]1C[C@@H]2C[C@H]1[C@](NC(=O)OCc1ccccc1)(C(=O)OCC)[C@@H]2C(=O)OCC. The van der Waals surface area contributed by atoms with Gasteiger partial charge in [-0.3, -0.25) is 4.79 Å². The quantitative estimate of drug-likeness (QED) is 0.352. The zero-order chi connectivity index (χ0) is 23.1. The van der Waals surface area contributed by atoms with Crippen molar-refractivity contribution in [3.05, 3.63) is 48.0 Å². The standard InChI is InChI=1S/C25H33NO6/c1-4-7-13-18-14-19-15-20(18)25(23(28)31-6-3,21(19)22(27)30-5-2)26-24(29)32-16-17-11-9-8-10-12-17/h7-13,18-21H,4-6,14-16H2,1-3H3,(H,26,29)/b13-7+/t18-,19-,20-,21+,25-/m1/s1. The Kier molecular flexibility index (Phi) is 7.94. The summed E-state index contributed by atoms with van der Waals surface area (Å²) in [6.45, 7) is 5.88. The summed E-state index contributed by atoms with van der Waals surface area (Å²) >= 11 is 0. The van der Waals surface area contributed by atoms with E-state index in [1.165, 1.54) is 0 Å². The monoisotopic (exact) mass is 443 g/mol. The number of ether oxygens (including phenoxy) is 3. The van der Waals surface area contributed by atoms with Gasteiger partial charge in [0.05, 0.1) is 19.1 Å². The van der Waals surface area contributed by atoms with E-state index in [1.54, 1.807) is 13.8 Å². The second-order valence-electron chi connectivity index (χ2n) is 8.34. The highest BCUT2D eigenvalue weighted by Crippen LogP contribution is 2.58. The first-order valence-electron chi connectivity index (χ1n) is 11.5. The number of carbonyl (C=O) groups excluding carboxylic acids is 3. The second-order valence-corrected chi connectivity index (χ2v) is 8.34.